The van der Waals surface area contributed by atoms with E-state index in [-0.39, 0.29) is 5.95 Å². The molecule has 0 fully saturated rings. The second-order valence-electron chi connectivity index (χ2n) is 3.09. The highest BCUT2D eigenvalue weighted by Gasteiger charge is 2.13. The van der Waals surface area contributed by atoms with Gasteiger partial charge in [-0.1, -0.05) is 11.9 Å². The summed E-state index contributed by atoms with van der Waals surface area (Å²) in [6.45, 7) is 2.44. The Morgan fingerprint density at radius 2 is 2.44 bits per heavy atom. The quantitative estimate of drug-likeness (QED) is 0.592. The zero-order valence-electron chi connectivity index (χ0n) is 8.53. The van der Waals surface area contributed by atoms with Crippen molar-refractivity contribution in [2.24, 2.45) is 0 Å². The molecule has 0 saturated carbocycles. The van der Waals surface area contributed by atoms with Crippen LogP contribution >= 0.6 is 11.3 Å². The molecular formula is C8H9N5O2S. The van der Waals surface area contributed by atoms with Gasteiger partial charge in [-0.15, -0.1) is 11.3 Å². The third-order valence-corrected chi connectivity index (χ3v) is 2.96. The van der Waals surface area contributed by atoms with Crippen molar-refractivity contribution in [2.75, 3.05) is 0 Å². The highest BCUT2D eigenvalue weighted by Crippen LogP contribution is 2.11. The highest BCUT2D eigenvalue weighted by atomic mass is 32.1. The number of hydrogen-bond acceptors (Lipinski definition) is 6. The molecule has 2 heterocycles. The summed E-state index contributed by atoms with van der Waals surface area (Å²) in [7, 11) is 0. The van der Waals surface area contributed by atoms with Crippen LogP contribution in [-0.2, 0) is 13.0 Å². The van der Waals surface area contributed by atoms with Crippen LogP contribution in [0.25, 0.3) is 0 Å². The number of hydrogen-bond donors (Lipinski definition) is 0. The maximum atomic E-state index is 10.4. The van der Waals surface area contributed by atoms with E-state index in [1.807, 2.05) is 12.3 Å². The summed E-state index contributed by atoms with van der Waals surface area (Å²) in [6, 6.07) is 0. The van der Waals surface area contributed by atoms with Crippen LogP contribution < -0.4 is 0 Å². The lowest BCUT2D eigenvalue weighted by Gasteiger charge is -1.91. The molecule has 0 aliphatic carbocycles. The van der Waals surface area contributed by atoms with E-state index in [0.717, 1.165) is 17.1 Å². The summed E-state index contributed by atoms with van der Waals surface area (Å²) in [4.78, 5) is 17.7. The molecule has 0 N–H and O–H groups in total. The van der Waals surface area contributed by atoms with Gasteiger partial charge >= 0.3 is 5.95 Å². The van der Waals surface area contributed by atoms with E-state index in [4.69, 9.17) is 0 Å². The first kappa shape index (κ1) is 10.7. The summed E-state index contributed by atoms with van der Waals surface area (Å²) < 4.78 is 1.41. The average molecular weight is 239 g/mol. The Morgan fingerprint density at radius 3 is 3.00 bits per heavy atom. The normalized spacial score (nSPS) is 10.6. The molecule has 0 amide bonds. The van der Waals surface area contributed by atoms with E-state index in [1.54, 1.807) is 11.3 Å². The fourth-order valence-corrected chi connectivity index (χ4v) is 1.93. The summed E-state index contributed by atoms with van der Waals surface area (Å²) in [5.41, 5.74) is 0.849. The summed E-state index contributed by atoms with van der Waals surface area (Å²) >= 11 is 1.58. The number of nitrogens with zero attached hydrogens (tertiary/aromatic N) is 5. The molecule has 0 aromatic carbocycles. The third kappa shape index (κ3) is 2.22. The number of nitro groups is 1. The molecule has 0 unspecified atom stereocenters. The molecule has 16 heavy (non-hydrogen) atoms. The van der Waals surface area contributed by atoms with E-state index >= 15 is 0 Å². The topological polar surface area (TPSA) is 86.7 Å². The molecular weight excluding hydrogens is 230 g/mol. The molecule has 2 aromatic heterocycles. The number of aryl methyl sites for hydroxylation is 1. The van der Waals surface area contributed by atoms with Crippen molar-refractivity contribution in [1.29, 1.82) is 0 Å². The maximum absolute atomic E-state index is 10.4. The summed E-state index contributed by atoms with van der Waals surface area (Å²) in [5, 5.41) is 17.1. The molecule has 2 aromatic rings. The largest absolute Gasteiger partial charge is 0.490 e. The summed E-state index contributed by atoms with van der Waals surface area (Å²) in [6.07, 6.45) is 2.23. The standard InChI is InChI=1S/C8H9N5O2S/c1-2-7-10-6(4-16-7)3-12-5-9-8(11-12)13(14)15/h4-5H,2-3H2,1H3. The van der Waals surface area contributed by atoms with Gasteiger partial charge < -0.3 is 10.1 Å². The van der Waals surface area contributed by atoms with Gasteiger partial charge in [-0.2, -0.15) is 4.68 Å². The fraction of sp³-hybridized carbons (Fsp3) is 0.375. The van der Waals surface area contributed by atoms with Crippen molar-refractivity contribution in [3.8, 4) is 0 Å². The molecule has 0 aliphatic rings. The van der Waals surface area contributed by atoms with Crippen LogP contribution in [0.1, 0.15) is 17.6 Å². The Hall–Kier alpha value is -1.83. The summed E-state index contributed by atoms with van der Waals surface area (Å²) in [5.74, 6) is -0.383. The molecule has 84 valence electrons. The lowest BCUT2D eigenvalue weighted by atomic mass is 10.5. The molecule has 0 radical (unpaired) electrons. The Morgan fingerprint density at radius 1 is 1.62 bits per heavy atom. The maximum Gasteiger partial charge on any atom is 0.490 e. The van der Waals surface area contributed by atoms with Crippen molar-refractivity contribution in [3.05, 3.63) is 32.5 Å². The van der Waals surface area contributed by atoms with Gasteiger partial charge in [0.25, 0.3) is 0 Å². The monoisotopic (exact) mass is 239 g/mol. The van der Waals surface area contributed by atoms with E-state index in [2.05, 4.69) is 15.1 Å². The zero-order valence-corrected chi connectivity index (χ0v) is 9.35. The average Bonchev–Trinajstić information content (AvgIpc) is 2.87. The lowest BCUT2D eigenvalue weighted by molar-refractivity contribution is -0.394. The zero-order chi connectivity index (χ0) is 11.5. The van der Waals surface area contributed by atoms with Crippen LogP contribution in [0.15, 0.2) is 11.7 Å². The van der Waals surface area contributed by atoms with Crippen molar-refractivity contribution in [2.45, 2.75) is 19.9 Å². The van der Waals surface area contributed by atoms with Crippen molar-refractivity contribution < 1.29 is 4.92 Å². The first-order valence-corrected chi connectivity index (χ1v) is 5.54. The van der Waals surface area contributed by atoms with Crippen LogP contribution in [0.3, 0.4) is 0 Å². The smallest absolute Gasteiger partial charge is 0.390 e. The molecule has 2 rings (SSSR count). The van der Waals surface area contributed by atoms with E-state index in [1.165, 1.54) is 11.0 Å². The van der Waals surface area contributed by atoms with Crippen LogP contribution in [0.4, 0.5) is 5.95 Å². The van der Waals surface area contributed by atoms with Gasteiger partial charge in [-0.05, 0) is 11.3 Å². The molecule has 0 atom stereocenters. The van der Waals surface area contributed by atoms with Gasteiger partial charge in [-0.3, -0.25) is 0 Å². The number of thiazole rings is 1. The van der Waals surface area contributed by atoms with Crippen molar-refractivity contribution in [3.63, 3.8) is 0 Å². The fourth-order valence-electron chi connectivity index (χ4n) is 1.19. The predicted octanol–water partition coefficient (Wildman–Crippen LogP) is 1.25. The SMILES string of the molecule is CCc1nc(Cn2cnc([N+](=O)[O-])n2)cs1. The minimum absolute atomic E-state index is 0.383. The molecule has 0 bridgehead atoms. The minimum atomic E-state index is -0.616. The van der Waals surface area contributed by atoms with Crippen LogP contribution in [0.5, 0.6) is 0 Å². The van der Waals surface area contributed by atoms with Crippen molar-refractivity contribution >= 4 is 17.3 Å². The van der Waals surface area contributed by atoms with Crippen LogP contribution in [0, 0.1) is 10.1 Å². The van der Waals surface area contributed by atoms with Gasteiger partial charge in [0.1, 0.15) is 6.54 Å². The van der Waals surface area contributed by atoms with Gasteiger partial charge in [-0.25, -0.2) is 4.98 Å². The second-order valence-corrected chi connectivity index (χ2v) is 4.03. The first-order valence-electron chi connectivity index (χ1n) is 4.66. The number of rotatable bonds is 4. The Bertz CT molecular complexity index is 506. The highest BCUT2D eigenvalue weighted by molar-refractivity contribution is 7.09. The third-order valence-electron chi connectivity index (χ3n) is 1.91. The van der Waals surface area contributed by atoms with Crippen molar-refractivity contribution in [1.82, 2.24) is 19.7 Å². The van der Waals surface area contributed by atoms with E-state index < -0.39 is 4.92 Å². The van der Waals surface area contributed by atoms with Gasteiger partial charge in [0, 0.05) is 10.5 Å². The van der Waals surface area contributed by atoms with Gasteiger partial charge in [0.2, 0.25) is 6.33 Å². The van der Waals surface area contributed by atoms with Crippen LogP contribution in [-0.4, -0.2) is 24.7 Å². The lowest BCUT2D eigenvalue weighted by Crippen LogP contribution is -2.01. The minimum Gasteiger partial charge on any atom is -0.390 e. The van der Waals surface area contributed by atoms with E-state index in [9.17, 15) is 10.1 Å². The Labute approximate surface area is 94.9 Å². The number of aromatic nitrogens is 4. The Kier molecular flexibility index (Phi) is 2.91. The predicted molar refractivity (Wildman–Crippen MR) is 57.3 cm³/mol. The van der Waals surface area contributed by atoms with Gasteiger partial charge in [0.05, 0.1) is 10.7 Å². The first-order chi connectivity index (χ1) is 7.69. The van der Waals surface area contributed by atoms with E-state index in [0.29, 0.717) is 6.54 Å². The molecule has 0 aliphatic heterocycles. The molecule has 7 nitrogen and oxygen atoms in total. The second kappa shape index (κ2) is 4.35. The van der Waals surface area contributed by atoms with Crippen LogP contribution in [0.2, 0.25) is 0 Å². The van der Waals surface area contributed by atoms with Gasteiger partial charge in [0.15, 0.2) is 0 Å². The molecule has 0 saturated heterocycles. The Balaban J connectivity index is 2.11. The molecule has 8 heteroatoms. The molecule has 0 spiro atoms.